The zero-order valence-electron chi connectivity index (χ0n) is 20.3. The minimum atomic E-state index is -1.02. The Morgan fingerprint density at radius 3 is 2.35 bits per heavy atom. The number of benzene rings is 3. The number of aromatic nitrogens is 2. The summed E-state index contributed by atoms with van der Waals surface area (Å²) in [6, 6.07) is 26.3. The van der Waals surface area contributed by atoms with Crippen LogP contribution in [0.1, 0.15) is 23.0 Å². The van der Waals surface area contributed by atoms with Gasteiger partial charge in [-0.25, -0.2) is 4.79 Å². The van der Waals surface area contributed by atoms with Gasteiger partial charge in [0.2, 0.25) is 0 Å². The number of nitrogens with one attached hydrogen (secondary N) is 1. The SMILES string of the molecule is CCOc1cccc(-c2ncc(CCOc3ccc(Oc4ccccc4)cc3)c3[nH]c(C(=O)O)cc23)c1. The van der Waals surface area contributed by atoms with Crippen LogP contribution in [0.5, 0.6) is 23.0 Å². The molecule has 186 valence electrons. The summed E-state index contributed by atoms with van der Waals surface area (Å²) in [4.78, 5) is 19.4. The molecule has 2 aromatic heterocycles. The molecule has 7 nitrogen and oxygen atoms in total. The molecule has 0 aliphatic carbocycles. The second-order valence-corrected chi connectivity index (χ2v) is 8.35. The predicted molar refractivity (Wildman–Crippen MR) is 142 cm³/mol. The van der Waals surface area contributed by atoms with Crippen LogP contribution in [0.2, 0.25) is 0 Å². The van der Waals surface area contributed by atoms with Crippen LogP contribution in [0.3, 0.4) is 0 Å². The quantitative estimate of drug-likeness (QED) is 0.223. The van der Waals surface area contributed by atoms with E-state index in [1.165, 1.54) is 0 Å². The molecule has 0 unspecified atom stereocenters. The van der Waals surface area contributed by atoms with E-state index in [9.17, 15) is 9.90 Å². The van der Waals surface area contributed by atoms with Crippen molar-refractivity contribution >= 4 is 16.9 Å². The normalized spacial score (nSPS) is 10.8. The number of aromatic carboxylic acids is 1. The van der Waals surface area contributed by atoms with Gasteiger partial charge in [0.05, 0.1) is 24.4 Å². The van der Waals surface area contributed by atoms with Crippen molar-refractivity contribution in [2.24, 2.45) is 0 Å². The molecule has 0 saturated heterocycles. The number of H-pyrrole nitrogens is 1. The molecule has 2 heterocycles. The van der Waals surface area contributed by atoms with Gasteiger partial charge in [-0.1, -0.05) is 30.3 Å². The zero-order valence-corrected chi connectivity index (χ0v) is 20.3. The lowest BCUT2D eigenvalue weighted by atomic mass is 10.0. The first-order valence-corrected chi connectivity index (χ1v) is 12.0. The van der Waals surface area contributed by atoms with Crippen LogP contribution in [0, 0.1) is 0 Å². The number of fused-ring (bicyclic) bond motifs is 1. The van der Waals surface area contributed by atoms with E-state index < -0.39 is 5.97 Å². The lowest BCUT2D eigenvalue weighted by Gasteiger charge is -2.11. The number of hydrogen-bond acceptors (Lipinski definition) is 5. The Morgan fingerprint density at radius 1 is 0.865 bits per heavy atom. The Hall–Kier alpha value is -4.78. The van der Waals surface area contributed by atoms with Crippen molar-refractivity contribution in [2.75, 3.05) is 13.2 Å². The summed E-state index contributed by atoms with van der Waals surface area (Å²) in [6.45, 7) is 2.88. The van der Waals surface area contributed by atoms with Crippen molar-refractivity contribution in [3.05, 3.63) is 102 Å². The second-order valence-electron chi connectivity index (χ2n) is 8.35. The molecule has 0 aliphatic heterocycles. The largest absolute Gasteiger partial charge is 0.494 e. The zero-order chi connectivity index (χ0) is 25.6. The van der Waals surface area contributed by atoms with Crippen LogP contribution >= 0.6 is 0 Å². The van der Waals surface area contributed by atoms with E-state index in [2.05, 4.69) is 9.97 Å². The summed E-state index contributed by atoms with van der Waals surface area (Å²) in [7, 11) is 0. The van der Waals surface area contributed by atoms with Crippen LogP contribution in [0.4, 0.5) is 0 Å². The number of carboxylic acids is 1. The lowest BCUT2D eigenvalue weighted by molar-refractivity contribution is 0.0691. The fourth-order valence-electron chi connectivity index (χ4n) is 4.11. The van der Waals surface area contributed by atoms with Crippen LogP contribution < -0.4 is 14.2 Å². The van der Waals surface area contributed by atoms with Crippen molar-refractivity contribution < 1.29 is 24.1 Å². The number of carboxylic acid groups (broad SMARTS) is 1. The van der Waals surface area contributed by atoms with Gasteiger partial charge in [-0.05, 0) is 67.1 Å². The first-order chi connectivity index (χ1) is 18.1. The van der Waals surface area contributed by atoms with Gasteiger partial charge < -0.3 is 24.3 Å². The summed E-state index contributed by atoms with van der Waals surface area (Å²) in [6.07, 6.45) is 2.32. The van der Waals surface area contributed by atoms with E-state index in [-0.39, 0.29) is 5.69 Å². The van der Waals surface area contributed by atoms with Gasteiger partial charge in [0.1, 0.15) is 28.7 Å². The maximum absolute atomic E-state index is 11.7. The first-order valence-electron chi connectivity index (χ1n) is 12.0. The Kier molecular flexibility index (Phi) is 7.03. The van der Waals surface area contributed by atoms with Crippen molar-refractivity contribution in [3.8, 4) is 34.3 Å². The van der Waals surface area contributed by atoms with Gasteiger partial charge in [-0.3, -0.25) is 4.98 Å². The number of rotatable bonds is 10. The molecule has 0 bridgehead atoms. The van der Waals surface area contributed by atoms with Crippen molar-refractivity contribution in [2.45, 2.75) is 13.3 Å². The van der Waals surface area contributed by atoms with E-state index in [0.717, 1.165) is 39.3 Å². The van der Waals surface area contributed by atoms with Crippen LogP contribution in [0.25, 0.3) is 22.2 Å². The van der Waals surface area contributed by atoms with Crippen LogP contribution in [0.15, 0.2) is 91.1 Å². The average molecular weight is 495 g/mol. The Balaban J connectivity index is 1.33. The lowest BCUT2D eigenvalue weighted by Crippen LogP contribution is -2.03. The minimum absolute atomic E-state index is 0.112. The molecule has 5 aromatic rings. The first kappa shape index (κ1) is 23.9. The van der Waals surface area contributed by atoms with Gasteiger partial charge in [0.15, 0.2) is 0 Å². The molecule has 0 radical (unpaired) electrons. The molecule has 0 saturated carbocycles. The minimum Gasteiger partial charge on any atom is -0.494 e. The summed E-state index contributed by atoms with van der Waals surface area (Å²) >= 11 is 0. The molecular formula is C30H26N2O5. The average Bonchev–Trinajstić information content (AvgIpc) is 3.37. The Morgan fingerprint density at radius 2 is 1.59 bits per heavy atom. The van der Waals surface area contributed by atoms with Gasteiger partial charge in [0.25, 0.3) is 0 Å². The molecule has 7 heteroatoms. The standard InChI is InChI=1S/C30H26N2O5/c1-2-35-25-10-6-7-20(17-25)28-26-18-27(30(33)34)32-29(26)21(19-31-28)15-16-36-22-11-13-24(14-12-22)37-23-8-4-3-5-9-23/h3-14,17-19,32H,2,15-16H2,1H3,(H,33,34). The van der Waals surface area contributed by atoms with E-state index >= 15 is 0 Å². The summed E-state index contributed by atoms with van der Waals surface area (Å²) in [5.41, 5.74) is 3.27. The highest BCUT2D eigenvalue weighted by molar-refractivity contribution is 6.00. The topological polar surface area (TPSA) is 93.7 Å². The Bertz CT molecular complexity index is 1510. The van der Waals surface area contributed by atoms with Crippen LogP contribution in [-0.4, -0.2) is 34.3 Å². The van der Waals surface area contributed by atoms with Gasteiger partial charge in [0, 0.05) is 23.6 Å². The van der Waals surface area contributed by atoms with E-state index in [0.29, 0.717) is 31.1 Å². The maximum Gasteiger partial charge on any atom is 0.352 e. The van der Waals surface area contributed by atoms with Crippen molar-refractivity contribution in [1.29, 1.82) is 0 Å². The number of ether oxygens (including phenoxy) is 3. The summed E-state index contributed by atoms with van der Waals surface area (Å²) in [5.74, 6) is 1.92. The molecule has 5 rings (SSSR count). The van der Waals surface area contributed by atoms with E-state index in [1.807, 2.05) is 85.8 Å². The smallest absolute Gasteiger partial charge is 0.352 e. The molecule has 0 spiro atoms. The highest BCUT2D eigenvalue weighted by Gasteiger charge is 2.16. The van der Waals surface area contributed by atoms with E-state index in [1.54, 1.807) is 12.3 Å². The third kappa shape index (κ3) is 5.56. The number of nitrogens with zero attached hydrogens (tertiary/aromatic N) is 1. The van der Waals surface area contributed by atoms with Gasteiger partial charge in [-0.15, -0.1) is 0 Å². The second kappa shape index (κ2) is 10.9. The van der Waals surface area contributed by atoms with E-state index in [4.69, 9.17) is 14.2 Å². The maximum atomic E-state index is 11.7. The number of aromatic amines is 1. The van der Waals surface area contributed by atoms with Crippen LogP contribution in [-0.2, 0) is 6.42 Å². The molecule has 37 heavy (non-hydrogen) atoms. The molecular weight excluding hydrogens is 468 g/mol. The highest BCUT2D eigenvalue weighted by Crippen LogP contribution is 2.32. The number of hydrogen-bond donors (Lipinski definition) is 2. The Labute approximate surface area is 214 Å². The fourth-order valence-corrected chi connectivity index (χ4v) is 4.11. The summed E-state index contributed by atoms with van der Waals surface area (Å²) in [5, 5.41) is 10.3. The van der Waals surface area contributed by atoms with Gasteiger partial charge >= 0.3 is 5.97 Å². The fraction of sp³-hybridized carbons (Fsp3) is 0.133. The number of pyridine rings is 1. The van der Waals surface area contributed by atoms with Gasteiger partial charge in [-0.2, -0.15) is 0 Å². The third-order valence-electron chi connectivity index (χ3n) is 5.84. The third-order valence-corrected chi connectivity index (χ3v) is 5.84. The van der Waals surface area contributed by atoms with Crippen molar-refractivity contribution in [1.82, 2.24) is 9.97 Å². The predicted octanol–water partition coefficient (Wildman–Crippen LogP) is 6.74. The molecule has 0 amide bonds. The highest BCUT2D eigenvalue weighted by atomic mass is 16.5. The van der Waals surface area contributed by atoms with Crippen molar-refractivity contribution in [3.63, 3.8) is 0 Å². The number of carbonyl (C=O) groups is 1. The number of para-hydroxylation sites is 1. The monoisotopic (exact) mass is 494 g/mol. The molecule has 3 aromatic carbocycles. The summed E-state index contributed by atoms with van der Waals surface area (Å²) < 4.78 is 17.4. The molecule has 2 N–H and O–H groups in total. The molecule has 0 aliphatic rings. The molecule has 0 atom stereocenters. The molecule has 0 fully saturated rings.